The van der Waals surface area contributed by atoms with Gasteiger partial charge in [-0.1, -0.05) is 11.6 Å². The molecule has 0 bridgehead atoms. The zero-order valence-corrected chi connectivity index (χ0v) is 14.2. The molecule has 0 radical (unpaired) electrons. The molecule has 1 amide bonds. The summed E-state index contributed by atoms with van der Waals surface area (Å²) in [5.74, 6) is 0.922. The Balaban J connectivity index is 1.63. The molecule has 128 valence electrons. The Morgan fingerprint density at radius 2 is 2.17 bits per heavy atom. The van der Waals surface area contributed by atoms with Crippen molar-refractivity contribution in [1.82, 2.24) is 5.32 Å². The van der Waals surface area contributed by atoms with Gasteiger partial charge in [-0.25, -0.2) is 0 Å². The van der Waals surface area contributed by atoms with Crippen LogP contribution in [-0.2, 0) is 9.47 Å². The molecule has 0 aliphatic carbocycles. The van der Waals surface area contributed by atoms with Gasteiger partial charge in [-0.15, -0.1) is 0 Å². The second kappa shape index (κ2) is 9.75. The quantitative estimate of drug-likeness (QED) is 0.739. The summed E-state index contributed by atoms with van der Waals surface area (Å²) in [6.45, 7) is 3.68. The molecule has 1 heterocycles. The maximum atomic E-state index is 12.1. The monoisotopic (exact) mass is 341 g/mol. The fraction of sp³-hybridized carbons (Fsp3) is 0.588. The lowest BCUT2D eigenvalue weighted by atomic mass is 10.0. The number of hydrogen-bond acceptors (Lipinski definition) is 4. The first kappa shape index (κ1) is 18.0. The molecule has 0 aromatic heterocycles. The van der Waals surface area contributed by atoms with E-state index in [-0.39, 0.29) is 5.91 Å². The van der Waals surface area contributed by atoms with Gasteiger partial charge in [-0.3, -0.25) is 4.79 Å². The lowest BCUT2D eigenvalue weighted by molar-refractivity contribution is 0.0202. The van der Waals surface area contributed by atoms with Gasteiger partial charge in [-0.05, 0) is 43.4 Å². The Kier molecular flexibility index (Phi) is 7.65. The van der Waals surface area contributed by atoms with Crippen LogP contribution < -0.4 is 10.1 Å². The lowest BCUT2D eigenvalue weighted by Gasteiger charge is -2.21. The maximum Gasteiger partial charge on any atom is 0.255 e. The van der Waals surface area contributed by atoms with Gasteiger partial charge in [-0.2, -0.15) is 0 Å². The van der Waals surface area contributed by atoms with E-state index < -0.39 is 0 Å². The van der Waals surface area contributed by atoms with E-state index in [1.54, 1.807) is 18.2 Å². The molecule has 23 heavy (non-hydrogen) atoms. The summed E-state index contributed by atoms with van der Waals surface area (Å²) in [5, 5.41) is 3.41. The van der Waals surface area contributed by atoms with Crippen molar-refractivity contribution in [2.24, 2.45) is 5.92 Å². The van der Waals surface area contributed by atoms with Crippen LogP contribution in [0.5, 0.6) is 5.75 Å². The average molecular weight is 342 g/mol. The smallest absolute Gasteiger partial charge is 0.255 e. The van der Waals surface area contributed by atoms with Crippen LogP contribution in [0.25, 0.3) is 0 Å². The molecule has 6 heteroatoms. The third-order valence-electron chi connectivity index (χ3n) is 3.85. The fourth-order valence-electron chi connectivity index (χ4n) is 2.49. The summed E-state index contributed by atoms with van der Waals surface area (Å²) in [6.07, 6.45) is 2.94. The van der Waals surface area contributed by atoms with Crippen LogP contribution in [0.15, 0.2) is 18.2 Å². The van der Waals surface area contributed by atoms with Crippen molar-refractivity contribution in [3.8, 4) is 5.75 Å². The molecule has 0 spiro atoms. The average Bonchev–Trinajstić information content (AvgIpc) is 2.58. The first-order chi connectivity index (χ1) is 11.2. The molecule has 1 saturated heterocycles. The van der Waals surface area contributed by atoms with Crippen molar-refractivity contribution < 1.29 is 19.0 Å². The number of rotatable bonds is 8. The van der Waals surface area contributed by atoms with Crippen LogP contribution >= 0.6 is 11.6 Å². The maximum absolute atomic E-state index is 12.1. The summed E-state index contributed by atoms with van der Waals surface area (Å²) < 4.78 is 16.2. The number of carbonyl (C=O) groups is 1. The largest absolute Gasteiger partial charge is 0.496 e. The molecule has 2 rings (SSSR count). The standard InChI is InChI=1S/C17H24ClNO4/c1-21-16-11-14(18)3-4-15(16)17(20)19-7-2-8-23-12-13-5-9-22-10-6-13/h3-4,11,13H,2,5-10,12H2,1H3,(H,19,20). The number of benzene rings is 1. The normalized spacial score (nSPS) is 15.4. The predicted octanol–water partition coefficient (Wildman–Crippen LogP) is 2.91. The van der Waals surface area contributed by atoms with Crippen molar-refractivity contribution >= 4 is 17.5 Å². The highest BCUT2D eigenvalue weighted by atomic mass is 35.5. The topological polar surface area (TPSA) is 56.8 Å². The summed E-state index contributed by atoms with van der Waals surface area (Å²) in [7, 11) is 1.52. The minimum Gasteiger partial charge on any atom is -0.496 e. The molecule has 1 fully saturated rings. The van der Waals surface area contributed by atoms with Gasteiger partial charge in [0, 0.05) is 38.0 Å². The highest BCUT2D eigenvalue weighted by Gasteiger charge is 2.14. The molecular weight excluding hydrogens is 318 g/mol. The zero-order chi connectivity index (χ0) is 16.5. The SMILES string of the molecule is COc1cc(Cl)ccc1C(=O)NCCCOCC1CCOCC1. The fourth-order valence-corrected chi connectivity index (χ4v) is 2.65. The number of halogens is 1. The zero-order valence-electron chi connectivity index (χ0n) is 13.5. The van der Waals surface area contributed by atoms with E-state index in [4.69, 9.17) is 25.8 Å². The van der Waals surface area contributed by atoms with E-state index in [0.29, 0.717) is 35.4 Å². The minimum atomic E-state index is -0.164. The third-order valence-corrected chi connectivity index (χ3v) is 4.09. The highest BCUT2D eigenvalue weighted by molar-refractivity contribution is 6.30. The van der Waals surface area contributed by atoms with Crippen LogP contribution in [0.3, 0.4) is 0 Å². The van der Waals surface area contributed by atoms with Crippen molar-refractivity contribution in [3.63, 3.8) is 0 Å². The molecule has 1 aliphatic rings. The summed E-state index contributed by atoms with van der Waals surface area (Å²) in [5.41, 5.74) is 0.486. The molecule has 0 saturated carbocycles. The summed E-state index contributed by atoms with van der Waals surface area (Å²) in [4.78, 5) is 12.1. The Bertz CT molecular complexity index is 503. The van der Waals surface area contributed by atoms with Gasteiger partial charge in [0.15, 0.2) is 0 Å². The number of ether oxygens (including phenoxy) is 3. The van der Waals surface area contributed by atoms with Crippen LogP contribution in [0.1, 0.15) is 29.6 Å². The van der Waals surface area contributed by atoms with Crippen molar-refractivity contribution in [1.29, 1.82) is 0 Å². The molecular formula is C17H24ClNO4. The summed E-state index contributed by atoms with van der Waals surface area (Å²) in [6, 6.07) is 4.97. The van der Waals surface area contributed by atoms with Crippen molar-refractivity contribution in [2.45, 2.75) is 19.3 Å². The van der Waals surface area contributed by atoms with Crippen molar-refractivity contribution in [3.05, 3.63) is 28.8 Å². The van der Waals surface area contributed by atoms with Gasteiger partial charge in [0.1, 0.15) is 5.75 Å². The molecule has 0 unspecified atom stereocenters. The number of nitrogens with one attached hydrogen (secondary N) is 1. The molecule has 0 atom stereocenters. The molecule has 5 nitrogen and oxygen atoms in total. The first-order valence-electron chi connectivity index (χ1n) is 7.98. The van der Waals surface area contributed by atoms with Crippen LogP contribution in [-0.4, -0.2) is 46.0 Å². The van der Waals surface area contributed by atoms with E-state index in [9.17, 15) is 4.79 Å². The van der Waals surface area contributed by atoms with Gasteiger partial charge in [0.05, 0.1) is 12.7 Å². The van der Waals surface area contributed by atoms with Gasteiger partial charge < -0.3 is 19.5 Å². The molecule has 1 aromatic carbocycles. The second-order valence-electron chi connectivity index (χ2n) is 5.58. The Labute approximate surface area is 142 Å². The van der Waals surface area contributed by atoms with Crippen LogP contribution in [0, 0.1) is 5.92 Å². The van der Waals surface area contributed by atoms with Gasteiger partial charge in [0.2, 0.25) is 0 Å². The third kappa shape index (κ3) is 6.01. The van der Waals surface area contributed by atoms with E-state index in [2.05, 4.69) is 5.32 Å². The highest BCUT2D eigenvalue weighted by Crippen LogP contribution is 2.22. The Morgan fingerprint density at radius 1 is 1.39 bits per heavy atom. The van der Waals surface area contributed by atoms with E-state index in [1.807, 2.05) is 0 Å². The van der Waals surface area contributed by atoms with E-state index >= 15 is 0 Å². The lowest BCUT2D eigenvalue weighted by Crippen LogP contribution is -2.26. The number of methoxy groups -OCH3 is 1. The van der Waals surface area contributed by atoms with Crippen LogP contribution in [0.2, 0.25) is 5.02 Å². The van der Waals surface area contributed by atoms with E-state index in [1.165, 1.54) is 7.11 Å². The molecule has 1 N–H and O–H groups in total. The van der Waals surface area contributed by atoms with Crippen molar-refractivity contribution in [2.75, 3.05) is 40.1 Å². The first-order valence-corrected chi connectivity index (χ1v) is 8.35. The number of amides is 1. The number of carbonyl (C=O) groups excluding carboxylic acids is 1. The Morgan fingerprint density at radius 3 is 2.91 bits per heavy atom. The minimum absolute atomic E-state index is 0.164. The summed E-state index contributed by atoms with van der Waals surface area (Å²) >= 11 is 5.89. The second-order valence-corrected chi connectivity index (χ2v) is 6.02. The predicted molar refractivity (Wildman–Crippen MR) is 89.3 cm³/mol. The molecule has 1 aliphatic heterocycles. The van der Waals surface area contributed by atoms with Crippen LogP contribution in [0.4, 0.5) is 0 Å². The number of hydrogen-bond donors (Lipinski definition) is 1. The Hall–Kier alpha value is -1.30. The van der Waals surface area contributed by atoms with E-state index in [0.717, 1.165) is 39.1 Å². The van der Waals surface area contributed by atoms with Gasteiger partial charge >= 0.3 is 0 Å². The van der Waals surface area contributed by atoms with Gasteiger partial charge in [0.25, 0.3) is 5.91 Å². The molecule has 1 aromatic rings.